The van der Waals surface area contributed by atoms with E-state index in [9.17, 15) is 4.79 Å². The van der Waals surface area contributed by atoms with E-state index in [0.717, 1.165) is 25.9 Å². The molecule has 1 saturated heterocycles. The second-order valence-corrected chi connectivity index (χ2v) is 6.50. The fraction of sp³-hybridized carbons (Fsp3) is 0.938. The van der Waals surface area contributed by atoms with Crippen LogP contribution in [0.15, 0.2) is 0 Å². The molecule has 0 spiro atoms. The second-order valence-electron chi connectivity index (χ2n) is 6.50. The molecular formula is C16H31N3O. The van der Waals surface area contributed by atoms with Crippen LogP contribution in [0.5, 0.6) is 0 Å². The third kappa shape index (κ3) is 4.11. The number of carbonyl (C=O) groups is 1. The molecule has 1 aliphatic heterocycles. The summed E-state index contributed by atoms with van der Waals surface area (Å²) in [5.74, 6) is 0.713. The van der Waals surface area contributed by atoms with Crippen LogP contribution in [-0.4, -0.2) is 43.2 Å². The van der Waals surface area contributed by atoms with Crippen LogP contribution in [0.2, 0.25) is 0 Å². The van der Waals surface area contributed by atoms with Crippen molar-refractivity contribution in [2.24, 2.45) is 5.92 Å². The van der Waals surface area contributed by atoms with Crippen molar-refractivity contribution in [3.05, 3.63) is 0 Å². The Morgan fingerprint density at radius 1 is 1.05 bits per heavy atom. The molecule has 0 radical (unpaired) electrons. The Hall–Kier alpha value is -0.770. The van der Waals surface area contributed by atoms with Gasteiger partial charge in [0, 0.05) is 25.2 Å². The summed E-state index contributed by atoms with van der Waals surface area (Å²) in [5.41, 5.74) is 0. The van der Waals surface area contributed by atoms with E-state index in [0.29, 0.717) is 12.0 Å². The smallest absolute Gasteiger partial charge is 0.317 e. The summed E-state index contributed by atoms with van der Waals surface area (Å²) >= 11 is 0. The molecule has 0 aromatic rings. The molecule has 2 fully saturated rings. The number of hydrogen-bond donors (Lipinski definition) is 2. The predicted octanol–water partition coefficient (Wildman–Crippen LogP) is 2.74. The molecule has 4 heteroatoms. The molecule has 1 unspecified atom stereocenters. The van der Waals surface area contributed by atoms with Crippen LogP contribution in [-0.2, 0) is 0 Å². The molecule has 116 valence electrons. The lowest BCUT2D eigenvalue weighted by Crippen LogP contribution is -2.54. The van der Waals surface area contributed by atoms with Gasteiger partial charge in [0.05, 0.1) is 0 Å². The molecule has 2 aliphatic rings. The first-order valence-electron chi connectivity index (χ1n) is 8.45. The summed E-state index contributed by atoms with van der Waals surface area (Å²) in [6, 6.07) is 0.745. The molecule has 1 aliphatic carbocycles. The number of carbonyl (C=O) groups excluding carboxylic acids is 1. The van der Waals surface area contributed by atoms with E-state index in [4.69, 9.17) is 0 Å². The van der Waals surface area contributed by atoms with Gasteiger partial charge in [0.25, 0.3) is 0 Å². The normalized spacial score (nSPS) is 24.2. The molecule has 2 N–H and O–H groups in total. The van der Waals surface area contributed by atoms with Gasteiger partial charge in [-0.15, -0.1) is 0 Å². The Kier molecular flexibility index (Phi) is 6.14. The Morgan fingerprint density at radius 3 is 2.25 bits per heavy atom. The van der Waals surface area contributed by atoms with Gasteiger partial charge in [0.15, 0.2) is 0 Å². The van der Waals surface area contributed by atoms with Gasteiger partial charge in [-0.2, -0.15) is 0 Å². The predicted molar refractivity (Wildman–Crippen MR) is 82.8 cm³/mol. The van der Waals surface area contributed by atoms with Crippen molar-refractivity contribution < 1.29 is 4.79 Å². The molecule has 2 rings (SSSR count). The number of likely N-dealkylation sites (tertiary alicyclic amines) is 1. The van der Waals surface area contributed by atoms with E-state index in [1.165, 1.54) is 38.5 Å². The number of nitrogens with zero attached hydrogens (tertiary/aromatic N) is 1. The summed E-state index contributed by atoms with van der Waals surface area (Å²) in [6.07, 6.45) is 10.2. The van der Waals surface area contributed by atoms with Crippen molar-refractivity contribution in [2.45, 2.75) is 70.4 Å². The highest BCUT2D eigenvalue weighted by Gasteiger charge is 2.29. The molecule has 20 heavy (non-hydrogen) atoms. The number of urea groups is 1. The first kappa shape index (κ1) is 15.6. The van der Waals surface area contributed by atoms with Gasteiger partial charge in [0.2, 0.25) is 0 Å². The molecule has 0 aromatic carbocycles. The number of rotatable bonds is 4. The number of likely N-dealkylation sites (N-methyl/N-ethyl adjacent to an activating group) is 1. The highest BCUT2D eigenvalue weighted by atomic mass is 16.2. The first-order chi connectivity index (χ1) is 9.72. The van der Waals surface area contributed by atoms with Crippen molar-refractivity contribution in [3.8, 4) is 0 Å². The first-order valence-corrected chi connectivity index (χ1v) is 8.45. The Morgan fingerprint density at radius 2 is 1.65 bits per heavy atom. The van der Waals surface area contributed by atoms with Crippen LogP contribution in [0.1, 0.15) is 58.3 Å². The third-order valence-electron chi connectivity index (χ3n) is 5.02. The summed E-state index contributed by atoms with van der Waals surface area (Å²) in [6.45, 7) is 4.00. The molecule has 1 saturated carbocycles. The van der Waals surface area contributed by atoms with Crippen molar-refractivity contribution in [3.63, 3.8) is 0 Å². The Bertz CT molecular complexity index is 296. The molecular weight excluding hydrogens is 250 g/mol. The van der Waals surface area contributed by atoms with E-state index in [1.807, 2.05) is 11.9 Å². The quantitative estimate of drug-likeness (QED) is 0.832. The third-order valence-corrected chi connectivity index (χ3v) is 5.02. The number of hydrogen-bond acceptors (Lipinski definition) is 2. The lowest BCUT2D eigenvalue weighted by molar-refractivity contribution is 0.173. The lowest BCUT2D eigenvalue weighted by Gasteiger charge is -2.36. The van der Waals surface area contributed by atoms with Crippen LogP contribution in [0.25, 0.3) is 0 Å². The van der Waals surface area contributed by atoms with Gasteiger partial charge < -0.3 is 15.5 Å². The highest BCUT2D eigenvalue weighted by Crippen LogP contribution is 2.27. The summed E-state index contributed by atoms with van der Waals surface area (Å²) in [4.78, 5) is 14.3. The topological polar surface area (TPSA) is 44.4 Å². The van der Waals surface area contributed by atoms with Crippen molar-refractivity contribution in [2.75, 3.05) is 20.1 Å². The summed E-state index contributed by atoms with van der Waals surface area (Å²) in [7, 11) is 2.03. The molecule has 2 atom stereocenters. The minimum Gasteiger partial charge on any atom is -0.334 e. The van der Waals surface area contributed by atoms with Gasteiger partial charge in [-0.3, -0.25) is 0 Å². The zero-order valence-electron chi connectivity index (χ0n) is 13.2. The Balaban J connectivity index is 1.84. The molecule has 4 nitrogen and oxygen atoms in total. The minimum atomic E-state index is 0.133. The fourth-order valence-corrected chi connectivity index (χ4v) is 3.86. The van der Waals surface area contributed by atoms with Gasteiger partial charge in [-0.1, -0.05) is 19.3 Å². The molecule has 1 heterocycles. The summed E-state index contributed by atoms with van der Waals surface area (Å²) < 4.78 is 0. The standard InChI is InChI=1S/C16H31N3O/c1-13(15(17-2)14-9-5-3-6-10-14)18-16(20)19-11-7-4-8-12-19/h13-15,17H,3-12H2,1-2H3,(H,18,20)/t13-,15?/m0/s1. The molecule has 2 amide bonds. The van der Waals surface area contributed by atoms with Crippen LogP contribution in [0.4, 0.5) is 4.79 Å². The van der Waals surface area contributed by atoms with Crippen LogP contribution in [0, 0.1) is 5.92 Å². The maximum Gasteiger partial charge on any atom is 0.317 e. The fourth-order valence-electron chi connectivity index (χ4n) is 3.86. The second kappa shape index (κ2) is 7.87. The van der Waals surface area contributed by atoms with Crippen LogP contribution in [0.3, 0.4) is 0 Å². The number of amides is 2. The van der Waals surface area contributed by atoms with Gasteiger partial charge in [0.1, 0.15) is 0 Å². The maximum absolute atomic E-state index is 12.3. The molecule has 0 aromatic heterocycles. The van der Waals surface area contributed by atoms with E-state index < -0.39 is 0 Å². The zero-order chi connectivity index (χ0) is 14.4. The number of nitrogens with one attached hydrogen (secondary N) is 2. The average molecular weight is 281 g/mol. The Labute approximate surface area is 123 Å². The van der Waals surface area contributed by atoms with Gasteiger partial charge >= 0.3 is 6.03 Å². The van der Waals surface area contributed by atoms with E-state index in [-0.39, 0.29) is 12.1 Å². The largest absolute Gasteiger partial charge is 0.334 e. The maximum atomic E-state index is 12.3. The van der Waals surface area contributed by atoms with Gasteiger partial charge in [-0.25, -0.2) is 4.79 Å². The van der Waals surface area contributed by atoms with Crippen LogP contribution < -0.4 is 10.6 Å². The monoisotopic (exact) mass is 281 g/mol. The number of piperidine rings is 1. The highest BCUT2D eigenvalue weighted by molar-refractivity contribution is 5.74. The van der Waals surface area contributed by atoms with E-state index >= 15 is 0 Å². The lowest BCUT2D eigenvalue weighted by atomic mass is 9.81. The zero-order valence-corrected chi connectivity index (χ0v) is 13.2. The van der Waals surface area contributed by atoms with E-state index in [1.54, 1.807) is 0 Å². The van der Waals surface area contributed by atoms with Crippen molar-refractivity contribution in [1.29, 1.82) is 0 Å². The van der Waals surface area contributed by atoms with Crippen LogP contribution >= 0.6 is 0 Å². The SMILES string of the molecule is CNC(C1CCCCC1)[C@H](C)NC(=O)N1CCCCC1. The van der Waals surface area contributed by atoms with Crippen molar-refractivity contribution in [1.82, 2.24) is 15.5 Å². The van der Waals surface area contributed by atoms with Crippen molar-refractivity contribution >= 4 is 6.03 Å². The average Bonchev–Trinajstić information content (AvgIpc) is 2.50. The molecule has 0 bridgehead atoms. The summed E-state index contributed by atoms with van der Waals surface area (Å²) in [5, 5.41) is 6.67. The van der Waals surface area contributed by atoms with Gasteiger partial charge in [-0.05, 0) is 52.0 Å². The van der Waals surface area contributed by atoms with E-state index in [2.05, 4.69) is 17.6 Å². The minimum absolute atomic E-state index is 0.133.